The summed E-state index contributed by atoms with van der Waals surface area (Å²) >= 11 is 3.45. The molecular formula is C21H21BrN2O3. The molecule has 1 amide bonds. The largest absolute Gasteiger partial charge is 0.493 e. The van der Waals surface area contributed by atoms with E-state index in [0.29, 0.717) is 25.2 Å². The lowest BCUT2D eigenvalue weighted by Gasteiger charge is -2.12. The molecule has 27 heavy (non-hydrogen) atoms. The van der Waals surface area contributed by atoms with E-state index in [1.54, 1.807) is 11.6 Å². The van der Waals surface area contributed by atoms with Gasteiger partial charge in [0.25, 0.3) is 5.56 Å². The summed E-state index contributed by atoms with van der Waals surface area (Å²) < 4.78 is 8.24. The highest BCUT2D eigenvalue weighted by molar-refractivity contribution is 9.10. The van der Waals surface area contributed by atoms with Gasteiger partial charge in [0.2, 0.25) is 5.91 Å². The molecule has 1 aromatic heterocycles. The summed E-state index contributed by atoms with van der Waals surface area (Å²) in [5.41, 5.74) is 2.58. The number of carbonyl (C=O) groups excluding carboxylic acids is 1. The fourth-order valence-corrected chi connectivity index (χ4v) is 3.44. The van der Waals surface area contributed by atoms with Gasteiger partial charge in [-0.3, -0.25) is 9.59 Å². The summed E-state index contributed by atoms with van der Waals surface area (Å²) in [5, 5.41) is 3.77. The summed E-state index contributed by atoms with van der Waals surface area (Å²) in [6, 6.07) is 14.9. The number of fused-ring (bicyclic) bond motifs is 1. The van der Waals surface area contributed by atoms with Crippen LogP contribution in [0.5, 0.6) is 5.75 Å². The maximum atomic E-state index is 12.1. The fraction of sp³-hybridized carbons (Fsp3) is 0.238. The molecule has 5 nitrogen and oxygen atoms in total. The number of benzene rings is 2. The topological polar surface area (TPSA) is 60.3 Å². The van der Waals surface area contributed by atoms with Crippen LogP contribution in [0.3, 0.4) is 0 Å². The minimum atomic E-state index is -0.120. The van der Waals surface area contributed by atoms with Crippen molar-refractivity contribution in [2.24, 2.45) is 7.05 Å². The molecule has 0 atom stereocenters. The molecule has 0 saturated heterocycles. The molecule has 1 heterocycles. The molecule has 140 valence electrons. The first-order valence-electron chi connectivity index (χ1n) is 8.73. The average Bonchev–Trinajstić information content (AvgIpc) is 2.65. The number of carbonyl (C=O) groups is 1. The Hall–Kier alpha value is -2.60. The van der Waals surface area contributed by atoms with Crippen molar-refractivity contribution in [3.63, 3.8) is 0 Å². The minimum Gasteiger partial charge on any atom is -0.493 e. The van der Waals surface area contributed by atoms with Crippen LogP contribution in [0.25, 0.3) is 10.9 Å². The average molecular weight is 429 g/mol. The fourth-order valence-electron chi connectivity index (χ4n) is 2.85. The third-order valence-electron chi connectivity index (χ3n) is 4.32. The van der Waals surface area contributed by atoms with E-state index in [9.17, 15) is 9.59 Å². The van der Waals surface area contributed by atoms with Crippen molar-refractivity contribution in [2.45, 2.75) is 19.8 Å². The van der Waals surface area contributed by atoms with Gasteiger partial charge in [-0.2, -0.15) is 0 Å². The van der Waals surface area contributed by atoms with Crippen LogP contribution in [0.15, 0.2) is 57.8 Å². The van der Waals surface area contributed by atoms with E-state index in [0.717, 1.165) is 26.6 Å². The van der Waals surface area contributed by atoms with Crippen molar-refractivity contribution in [3.8, 4) is 5.75 Å². The van der Waals surface area contributed by atoms with Gasteiger partial charge in [0.05, 0.1) is 17.8 Å². The number of para-hydroxylation sites is 1. The van der Waals surface area contributed by atoms with E-state index >= 15 is 0 Å². The van der Waals surface area contributed by atoms with Gasteiger partial charge in [0.1, 0.15) is 5.75 Å². The van der Waals surface area contributed by atoms with Crippen molar-refractivity contribution in [1.82, 2.24) is 4.57 Å². The Kier molecular flexibility index (Phi) is 5.96. The number of nitrogens with zero attached hydrogens (tertiary/aromatic N) is 1. The summed E-state index contributed by atoms with van der Waals surface area (Å²) in [5.74, 6) is 0.479. The zero-order valence-corrected chi connectivity index (χ0v) is 16.9. The lowest BCUT2D eigenvalue weighted by atomic mass is 10.2. The van der Waals surface area contributed by atoms with Gasteiger partial charge >= 0.3 is 0 Å². The molecule has 1 N–H and O–H groups in total. The summed E-state index contributed by atoms with van der Waals surface area (Å²) in [4.78, 5) is 24.2. The molecular weight excluding hydrogens is 408 g/mol. The molecule has 0 bridgehead atoms. The van der Waals surface area contributed by atoms with Crippen molar-refractivity contribution in [2.75, 3.05) is 11.9 Å². The number of amides is 1. The van der Waals surface area contributed by atoms with Crippen LogP contribution < -0.4 is 15.6 Å². The Labute approximate surface area is 166 Å². The first-order chi connectivity index (χ1) is 13.0. The zero-order valence-electron chi connectivity index (χ0n) is 15.3. The standard InChI is InChI=1S/C21H21BrN2O3/c1-14-9-10-17(16(22)12-14)23-20(25)8-5-11-27-19-13-21(26)24(2)18-7-4-3-6-15(18)19/h3-4,6-7,9-10,12-13H,5,8,11H2,1-2H3,(H,23,25). The van der Waals surface area contributed by atoms with Gasteiger partial charge in [-0.1, -0.05) is 18.2 Å². The number of aryl methyl sites for hydroxylation is 2. The number of hydrogen-bond acceptors (Lipinski definition) is 3. The summed E-state index contributed by atoms with van der Waals surface area (Å²) in [7, 11) is 1.74. The van der Waals surface area contributed by atoms with Gasteiger partial charge in [-0.15, -0.1) is 0 Å². The molecule has 0 saturated carbocycles. The zero-order chi connectivity index (χ0) is 19.4. The maximum Gasteiger partial charge on any atom is 0.254 e. The van der Waals surface area contributed by atoms with Gasteiger partial charge in [-0.25, -0.2) is 0 Å². The highest BCUT2D eigenvalue weighted by Crippen LogP contribution is 2.24. The minimum absolute atomic E-state index is 0.0722. The predicted octanol–water partition coefficient (Wildman–Crippen LogP) is 4.41. The highest BCUT2D eigenvalue weighted by Gasteiger charge is 2.09. The van der Waals surface area contributed by atoms with E-state index < -0.39 is 0 Å². The van der Waals surface area contributed by atoms with E-state index in [1.807, 2.05) is 49.4 Å². The molecule has 0 fully saturated rings. The molecule has 3 rings (SSSR count). The first-order valence-corrected chi connectivity index (χ1v) is 9.52. The number of rotatable bonds is 6. The molecule has 0 spiro atoms. The molecule has 6 heteroatoms. The maximum absolute atomic E-state index is 12.1. The van der Waals surface area contributed by atoms with E-state index in [-0.39, 0.29) is 11.5 Å². The Bertz CT molecular complexity index is 1040. The predicted molar refractivity (Wildman–Crippen MR) is 111 cm³/mol. The summed E-state index contributed by atoms with van der Waals surface area (Å²) in [6.07, 6.45) is 0.891. The quantitative estimate of drug-likeness (QED) is 0.591. The van der Waals surface area contributed by atoms with Crippen LogP contribution in [0, 0.1) is 6.92 Å². The highest BCUT2D eigenvalue weighted by atomic mass is 79.9. The lowest BCUT2D eigenvalue weighted by Crippen LogP contribution is -2.17. The van der Waals surface area contributed by atoms with Crippen LogP contribution >= 0.6 is 15.9 Å². The molecule has 0 unspecified atom stereocenters. The van der Waals surface area contributed by atoms with Crippen molar-refractivity contribution in [1.29, 1.82) is 0 Å². The Morgan fingerprint density at radius 1 is 1.19 bits per heavy atom. The first kappa shape index (κ1) is 19.2. The van der Waals surface area contributed by atoms with Crippen molar-refractivity contribution < 1.29 is 9.53 Å². The Balaban J connectivity index is 1.58. The second-order valence-corrected chi connectivity index (χ2v) is 7.26. The Morgan fingerprint density at radius 2 is 1.96 bits per heavy atom. The van der Waals surface area contributed by atoms with Crippen molar-refractivity contribution in [3.05, 3.63) is 68.9 Å². The molecule has 0 aliphatic heterocycles. The third kappa shape index (κ3) is 4.57. The molecule has 0 radical (unpaired) electrons. The van der Waals surface area contributed by atoms with E-state index in [1.165, 1.54) is 6.07 Å². The van der Waals surface area contributed by atoms with Crippen LogP contribution in [-0.2, 0) is 11.8 Å². The van der Waals surface area contributed by atoms with Crippen LogP contribution in [0.2, 0.25) is 0 Å². The normalized spacial score (nSPS) is 10.8. The Morgan fingerprint density at radius 3 is 2.74 bits per heavy atom. The third-order valence-corrected chi connectivity index (χ3v) is 4.98. The van der Waals surface area contributed by atoms with Gasteiger partial charge in [0, 0.05) is 29.4 Å². The van der Waals surface area contributed by atoms with Crippen LogP contribution in [0.1, 0.15) is 18.4 Å². The van der Waals surface area contributed by atoms with Gasteiger partial charge in [-0.05, 0) is 59.1 Å². The molecule has 0 aliphatic rings. The van der Waals surface area contributed by atoms with Crippen molar-refractivity contribution >= 4 is 38.4 Å². The van der Waals surface area contributed by atoms with Crippen LogP contribution in [0.4, 0.5) is 5.69 Å². The molecule has 0 aliphatic carbocycles. The molecule has 3 aromatic rings. The van der Waals surface area contributed by atoms with Crippen LogP contribution in [-0.4, -0.2) is 17.1 Å². The second-order valence-electron chi connectivity index (χ2n) is 6.41. The molecule has 2 aromatic carbocycles. The van der Waals surface area contributed by atoms with E-state index in [2.05, 4.69) is 21.2 Å². The van der Waals surface area contributed by atoms with Gasteiger partial charge in [0.15, 0.2) is 0 Å². The number of halogens is 1. The second kappa shape index (κ2) is 8.39. The number of aromatic nitrogens is 1. The van der Waals surface area contributed by atoms with E-state index in [4.69, 9.17) is 4.74 Å². The lowest BCUT2D eigenvalue weighted by molar-refractivity contribution is -0.116. The number of hydrogen-bond donors (Lipinski definition) is 1. The number of anilines is 1. The number of pyridine rings is 1. The monoisotopic (exact) mass is 428 g/mol. The SMILES string of the molecule is Cc1ccc(NC(=O)CCCOc2cc(=O)n(C)c3ccccc23)c(Br)c1. The van der Waals surface area contributed by atoms with Gasteiger partial charge < -0.3 is 14.6 Å². The smallest absolute Gasteiger partial charge is 0.254 e. The summed E-state index contributed by atoms with van der Waals surface area (Å²) in [6.45, 7) is 2.36. The number of ether oxygens (including phenoxy) is 1. The number of nitrogens with one attached hydrogen (secondary N) is 1.